The maximum absolute atomic E-state index is 13.5. The number of carbonyl (C=O) groups is 2. The van der Waals surface area contributed by atoms with Crippen LogP contribution in [0.4, 0.5) is 11.4 Å². The second kappa shape index (κ2) is 9.07. The summed E-state index contributed by atoms with van der Waals surface area (Å²) in [6, 6.07) is 20.2. The van der Waals surface area contributed by atoms with Gasteiger partial charge in [0.25, 0.3) is 11.8 Å². The molecule has 164 valence electrons. The molecule has 0 saturated heterocycles. The summed E-state index contributed by atoms with van der Waals surface area (Å²) in [5.41, 5.74) is 1.98. The Morgan fingerprint density at radius 1 is 0.909 bits per heavy atom. The monoisotopic (exact) mass is 459 g/mol. The van der Waals surface area contributed by atoms with Crippen LogP contribution in [0.25, 0.3) is 5.57 Å². The van der Waals surface area contributed by atoms with Gasteiger partial charge in [0, 0.05) is 11.3 Å². The fourth-order valence-corrected chi connectivity index (χ4v) is 3.81. The number of imide groups is 1. The average Bonchev–Trinajstić information content (AvgIpc) is 3.08. The molecule has 33 heavy (non-hydrogen) atoms. The predicted molar refractivity (Wildman–Crippen MR) is 125 cm³/mol. The Bertz CT molecular complexity index is 1330. The molecule has 0 spiro atoms. The summed E-state index contributed by atoms with van der Waals surface area (Å²) in [7, 11) is 3.00. The van der Waals surface area contributed by atoms with Gasteiger partial charge in [-0.15, -0.1) is 0 Å². The highest BCUT2D eigenvalue weighted by Crippen LogP contribution is 2.38. The Morgan fingerprint density at radius 2 is 1.61 bits per heavy atom. The molecule has 1 aliphatic rings. The Balaban J connectivity index is 1.84. The number of nitrogens with zero attached hydrogens (tertiary/aromatic N) is 2. The van der Waals surface area contributed by atoms with Crippen molar-refractivity contribution < 1.29 is 19.1 Å². The molecule has 1 heterocycles. The van der Waals surface area contributed by atoms with Crippen LogP contribution in [0, 0.1) is 11.3 Å². The number of hydrogen-bond acceptors (Lipinski definition) is 6. The zero-order valence-electron chi connectivity index (χ0n) is 17.8. The van der Waals surface area contributed by atoms with E-state index in [0.717, 1.165) is 4.90 Å². The third kappa shape index (κ3) is 4.00. The molecule has 0 aliphatic carbocycles. The fourth-order valence-electron chi connectivity index (χ4n) is 3.55. The van der Waals surface area contributed by atoms with Crippen LogP contribution < -0.4 is 19.7 Å². The molecule has 8 heteroatoms. The Labute approximate surface area is 195 Å². The van der Waals surface area contributed by atoms with E-state index >= 15 is 0 Å². The lowest BCUT2D eigenvalue weighted by molar-refractivity contribution is -0.120. The SMILES string of the molecule is COc1ccc(NC2=C(c3ccccc3OC)C(=O)N(c3ccc(C#N)cc3)C2=O)cc1Cl. The number of amides is 2. The van der Waals surface area contributed by atoms with Crippen molar-refractivity contribution in [1.82, 2.24) is 0 Å². The van der Waals surface area contributed by atoms with E-state index < -0.39 is 11.8 Å². The Hall–Kier alpha value is -4.28. The first-order chi connectivity index (χ1) is 16.0. The highest BCUT2D eigenvalue weighted by Gasteiger charge is 2.41. The summed E-state index contributed by atoms with van der Waals surface area (Å²) in [6.45, 7) is 0. The number of ether oxygens (including phenoxy) is 2. The molecule has 1 aliphatic heterocycles. The number of methoxy groups -OCH3 is 2. The third-order valence-corrected chi connectivity index (χ3v) is 5.43. The summed E-state index contributed by atoms with van der Waals surface area (Å²) in [6.07, 6.45) is 0. The lowest BCUT2D eigenvalue weighted by Gasteiger charge is -2.15. The van der Waals surface area contributed by atoms with Crippen LogP contribution >= 0.6 is 11.6 Å². The minimum Gasteiger partial charge on any atom is -0.496 e. The average molecular weight is 460 g/mol. The smallest absolute Gasteiger partial charge is 0.282 e. The zero-order valence-corrected chi connectivity index (χ0v) is 18.5. The van der Waals surface area contributed by atoms with E-state index in [2.05, 4.69) is 5.32 Å². The van der Waals surface area contributed by atoms with Crippen LogP contribution in [0.15, 0.2) is 72.4 Å². The van der Waals surface area contributed by atoms with Crippen LogP contribution in [0.2, 0.25) is 5.02 Å². The summed E-state index contributed by atoms with van der Waals surface area (Å²) in [5.74, 6) is -0.134. The number of nitrogens with one attached hydrogen (secondary N) is 1. The lowest BCUT2D eigenvalue weighted by Crippen LogP contribution is -2.32. The first-order valence-corrected chi connectivity index (χ1v) is 10.2. The van der Waals surface area contributed by atoms with E-state index in [1.807, 2.05) is 6.07 Å². The molecular formula is C25H18ClN3O4. The van der Waals surface area contributed by atoms with Gasteiger partial charge < -0.3 is 14.8 Å². The van der Waals surface area contributed by atoms with E-state index in [1.54, 1.807) is 66.7 Å². The molecule has 0 bridgehead atoms. The predicted octanol–water partition coefficient (Wildman–Crippen LogP) is 4.63. The minimum atomic E-state index is -0.544. The Kier molecular flexibility index (Phi) is 6.03. The zero-order chi connectivity index (χ0) is 23.5. The van der Waals surface area contributed by atoms with Gasteiger partial charge in [0.2, 0.25) is 0 Å². The molecule has 0 aromatic heterocycles. The number of nitriles is 1. The highest BCUT2D eigenvalue weighted by molar-refractivity contribution is 6.46. The van der Waals surface area contributed by atoms with E-state index in [1.165, 1.54) is 14.2 Å². The molecule has 7 nitrogen and oxygen atoms in total. The maximum Gasteiger partial charge on any atom is 0.282 e. The highest BCUT2D eigenvalue weighted by atomic mass is 35.5. The van der Waals surface area contributed by atoms with Crippen LogP contribution in [0.5, 0.6) is 11.5 Å². The van der Waals surface area contributed by atoms with Crippen molar-refractivity contribution in [2.75, 3.05) is 24.4 Å². The summed E-state index contributed by atoms with van der Waals surface area (Å²) < 4.78 is 10.6. The molecule has 0 fully saturated rings. The summed E-state index contributed by atoms with van der Waals surface area (Å²) >= 11 is 6.24. The molecule has 3 aromatic carbocycles. The molecule has 3 aromatic rings. The maximum atomic E-state index is 13.5. The first-order valence-electron chi connectivity index (χ1n) is 9.85. The van der Waals surface area contributed by atoms with Crippen LogP contribution in [-0.4, -0.2) is 26.0 Å². The van der Waals surface area contributed by atoms with Gasteiger partial charge >= 0.3 is 0 Å². The normalized spacial score (nSPS) is 13.2. The number of para-hydroxylation sites is 1. The fraction of sp³-hybridized carbons (Fsp3) is 0.0800. The van der Waals surface area contributed by atoms with Crippen LogP contribution in [0.3, 0.4) is 0 Å². The van der Waals surface area contributed by atoms with Gasteiger partial charge in [0.1, 0.15) is 17.2 Å². The van der Waals surface area contributed by atoms with E-state index in [0.29, 0.717) is 39.0 Å². The molecule has 0 radical (unpaired) electrons. The van der Waals surface area contributed by atoms with Crippen molar-refractivity contribution in [2.45, 2.75) is 0 Å². The second-order valence-corrected chi connectivity index (χ2v) is 7.44. The lowest BCUT2D eigenvalue weighted by atomic mass is 10.0. The number of halogens is 1. The number of carbonyl (C=O) groups excluding carboxylic acids is 2. The van der Waals surface area contributed by atoms with E-state index in [-0.39, 0.29) is 11.3 Å². The standard InChI is InChI=1S/C25H18ClN3O4/c1-32-20-6-4-3-5-18(20)22-23(28-16-9-12-21(33-2)19(26)13-16)25(31)29(24(22)30)17-10-7-15(14-27)8-11-17/h3-13,28H,1-2H3. The van der Waals surface area contributed by atoms with Crippen molar-refractivity contribution in [3.8, 4) is 17.6 Å². The quantitative estimate of drug-likeness (QED) is 0.540. The van der Waals surface area contributed by atoms with Gasteiger partial charge in [-0.25, -0.2) is 4.90 Å². The van der Waals surface area contributed by atoms with Crippen LogP contribution in [-0.2, 0) is 9.59 Å². The molecule has 4 rings (SSSR count). The second-order valence-electron chi connectivity index (χ2n) is 7.03. The topological polar surface area (TPSA) is 91.7 Å². The number of rotatable bonds is 6. The summed E-state index contributed by atoms with van der Waals surface area (Å²) in [5, 5.41) is 12.5. The van der Waals surface area contributed by atoms with Crippen molar-refractivity contribution in [3.05, 3.63) is 88.6 Å². The first kappa shape index (κ1) is 21.9. The van der Waals surface area contributed by atoms with Gasteiger partial charge in [0.15, 0.2) is 0 Å². The van der Waals surface area contributed by atoms with Gasteiger partial charge in [-0.05, 0) is 48.5 Å². The number of anilines is 2. The molecule has 0 unspecified atom stereocenters. The van der Waals surface area contributed by atoms with Crippen molar-refractivity contribution in [3.63, 3.8) is 0 Å². The van der Waals surface area contributed by atoms with Gasteiger partial charge in [-0.3, -0.25) is 9.59 Å². The summed E-state index contributed by atoms with van der Waals surface area (Å²) in [4.78, 5) is 28.1. The van der Waals surface area contributed by atoms with Gasteiger partial charge in [-0.1, -0.05) is 29.8 Å². The van der Waals surface area contributed by atoms with Crippen molar-refractivity contribution >= 4 is 40.4 Å². The largest absolute Gasteiger partial charge is 0.496 e. The third-order valence-electron chi connectivity index (χ3n) is 5.14. The molecule has 1 N–H and O–H groups in total. The van der Waals surface area contributed by atoms with E-state index in [4.69, 9.17) is 26.3 Å². The van der Waals surface area contributed by atoms with Crippen molar-refractivity contribution in [1.29, 1.82) is 5.26 Å². The molecule has 0 atom stereocenters. The van der Waals surface area contributed by atoms with Crippen molar-refractivity contribution in [2.24, 2.45) is 0 Å². The molecule has 0 saturated carbocycles. The Morgan fingerprint density at radius 3 is 2.24 bits per heavy atom. The number of hydrogen-bond donors (Lipinski definition) is 1. The van der Waals surface area contributed by atoms with E-state index in [9.17, 15) is 9.59 Å². The number of benzene rings is 3. The van der Waals surface area contributed by atoms with Crippen LogP contribution in [0.1, 0.15) is 11.1 Å². The van der Waals surface area contributed by atoms with Gasteiger partial charge in [-0.2, -0.15) is 5.26 Å². The molecule has 2 amide bonds. The minimum absolute atomic E-state index is 0.0788. The molecular weight excluding hydrogens is 442 g/mol. The van der Waals surface area contributed by atoms with Gasteiger partial charge in [0.05, 0.1) is 42.1 Å².